The Labute approximate surface area is 221 Å². The van der Waals surface area contributed by atoms with Gasteiger partial charge in [0.05, 0.1) is 12.3 Å². The highest BCUT2D eigenvalue weighted by Gasteiger charge is 2.25. The lowest BCUT2D eigenvalue weighted by Crippen LogP contribution is -2.44. The molecule has 0 spiro atoms. The number of anilines is 2. The van der Waals surface area contributed by atoms with Crippen LogP contribution in [0.15, 0.2) is 77.4 Å². The molecule has 194 valence electrons. The number of pyridine rings is 1. The minimum atomic E-state index is -0.524. The number of carbonyl (C=O) groups is 1. The number of morpholine rings is 1. The number of carbonyl (C=O) groups excluding carboxylic acids is 1. The molecule has 1 saturated heterocycles. The van der Waals surface area contributed by atoms with Gasteiger partial charge in [0.15, 0.2) is 0 Å². The van der Waals surface area contributed by atoms with Crippen LogP contribution in [0.1, 0.15) is 24.3 Å². The Kier molecular flexibility index (Phi) is 10.2. The maximum Gasteiger partial charge on any atom is 0.274 e. The number of ether oxygens (including phenoxy) is 1. The van der Waals surface area contributed by atoms with E-state index in [9.17, 15) is 9.18 Å². The summed E-state index contributed by atoms with van der Waals surface area (Å²) in [5.41, 5.74) is 8.58. The fourth-order valence-electron chi connectivity index (χ4n) is 3.83. The van der Waals surface area contributed by atoms with Gasteiger partial charge >= 0.3 is 0 Å². The van der Waals surface area contributed by atoms with E-state index >= 15 is 0 Å². The molecule has 0 aliphatic carbocycles. The number of nitrogens with two attached hydrogens (primary N) is 1. The summed E-state index contributed by atoms with van der Waals surface area (Å²) >= 11 is 5.94. The van der Waals surface area contributed by atoms with Gasteiger partial charge in [-0.05, 0) is 42.5 Å². The van der Waals surface area contributed by atoms with E-state index in [1.54, 1.807) is 49.7 Å². The van der Waals surface area contributed by atoms with E-state index in [0.717, 1.165) is 5.57 Å². The van der Waals surface area contributed by atoms with Gasteiger partial charge in [-0.1, -0.05) is 43.6 Å². The average molecular weight is 524 g/mol. The zero-order valence-corrected chi connectivity index (χ0v) is 21.9. The molecule has 4 rings (SSSR count). The summed E-state index contributed by atoms with van der Waals surface area (Å²) in [7, 11) is 1.66. The second-order valence-corrected chi connectivity index (χ2v) is 8.34. The van der Waals surface area contributed by atoms with Crippen LogP contribution in [0.2, 0.25) is 5.02 Å². The average Bonchev–Trinajstić information content (AvgIpc) is 2.93. The van der Waals surface area contributed by atoms with E-state index in [1.165, 1.54) is 12.3 Å². The summed E-state index contributed by atoms with van der Waals surface area (Å²) in [6, 6.07) is 16.9. The van der Waals surface area contributed by atoms with Crippen LogP contribution in [0.3, 0.4) is 0 Å². The Morgan fingerprint density at radius 2 is 1.97 bits per heavy atom. The Morgan fingerprint density at radius 1 is 1.22 bits per heavy atom. The lowest BCUT2D eigenvalue weighted by molar-refractivity contribution is 0.0679. The van der Waals surface area contributed by atoms with Gasteiger partial charge in [0.25, 0.3) is 5.91 Å². The molecule has 2 aromatic carbocycles. The van der Waals surface area contributed by atoms with Gasteiger partial charge in [0.1, 0.15) is 17.6 Å². The second-order valence-electron chi connectivity index (χ2n) is 7.90. The number of halogens is 2. The number of benzene rings is 2. The number of nitrogens with zero attached hydrogens (tertiary/aromatic N) is 3. The van der Waals surface area contributed by atoms with Crippen LogP contribution >= 0.6 is 11.6 Å². The molecule has 7 nitrogen and oxygen atoms in total. The number of amides is 1. The van der Waals surface area contributed by atoms with E-state index in [4.69, 9.17) is 22.1 Å². The zero-order chi connectivity index (χ0) is 26.8. The summed E-state index contributed by atoms with van der Waals surface area (Å²) in [5, 5.41) is 3.12. The third kappa shape index (κ3) is 7.15. The predicted molar refractivity (Wildman–Crippen MR) is 149 cm³/mol. The molecule has 1 amide bonds. The van der Waals surface area contributed by atoms with E-state index in [0.29, 0.717) is 36.8 Å². The largest absolute Gasteiger partial charge is 0.404 e. The molecule has 3 N–H and O–H groups in total. The minimum absolute atomic E-state index is 0.156. The minimum Gasteiger partial charge on any atom is -0.404 e. The van der Waals surface area contributed by atoms with Crippen LogP contribution < -0.4 is 16.0 Å². The highest BCUT2D eigenvalue weighted by Crippen LogP contribution is 2.29. The molecule has 37 heavy (non-hydrogen) atoms. The third-order valence-corrected chi connectivity index (χ3v) is 5.79. The van der Waals surface area contributed by atoms with Crippen molar-refractivity contribution < 1.29 is 13.9 Å². The van der Waals surface area contributed by atoms with Gasteiger partial charge < -0.3 is 20.7 Å². The van der Waals surface area contributed by atoms with Gasteiger partial charge in [0.2, 0.25) is 0 Å². The van der Waals surface area contributed by atoms with Crippen LogP contribution in [-0.4, -0.2) is 50.0 Å². The first-order valence-corrected chi connectivity index (χ1v) is 12.4. The SMILES string of the molecule is CC.CN=C/C(=C\N)C1CN(c2cc(C(=O)Nc3ccccc3)nc(-c3ccc(Cl)cc3F)c2)CCO1. The highest BCUT2D eigenvalue weighted by atomic mass is 35.5. The first-order valence-electron chi connectivity index (χ1n) is 12.0. The molecule has 1 fully saturated rings. The molecule has 1 atom stereocenters. The molecule has 1 aliphatic rings. The molecule has 1 unspecified atom stereocenters. The van der Waals surface area contributed by atoms with Gasteiger partial charge in [-0.25, -0.2) is 9.37 Å². The first-order chi connectivity index (χ1) is 18.0. The zero-order valence-electron chi connectivity index (χ0n) is 21.1. The van der Waals surface area contributed by atoms with Crippen molar-refractivity contribution in [3.05, 3.63) is 89.0 Å². The van der Waals surface area contributed by atoms with E-state index in [1.807, 2.05) is 32.0 Å². The van der Waals surface area contributed by atoms with Crippen LogP contribution in [0.25, 0.3) is 11.3 Å². The van der Waals surface area contributed by atoms with Crippen molar-refractivity contribution in [1.82, 2.24) is 4.98 Å². The van der Waals surface area contributed by atoms with Crippen LogP contribution in [0.5, 0.6) is 0 Å². The van der Waals surface area contributed by atoms with Gasteiger partial charge in [-0.3, -0.25) is 9.79 Å². The van der Waals surface area contributed by atoms with Crippen LogP contribution in [0, 0.1) is 5.82 Å². The maximum absolute atomic E-state index is 14.8. The Bertz CT molecular complexity index is 1270. The molecule has 3 aromatic rings. The Hall–Kier alpha value is -3.75. The quantitative estimate of drug-likeness (QED) is 0.412. The van der Waals surface area contributed by atoms with Crippen molar-refractivity contribution >= 4 is 35.1 Å². The molecule has 0 saturated carbocycles. The lowest BCUT2D eigenvalue weighted by Gasteiger charge is -2.35. The van der Waals surface area contributed by atoms with E-state index in [-0.39, 0.29) is 22.4 Å². The first kappa shape index (κ1) is 27.8. The third-order valence-electron chi connectivity index (χ3n) is 5.56. The lowest BCUT2D eigenvalue weighted by atomic mass is 10.1. The summed E-state index contributed by atoms with van der Waals surface area (Å²) < 4.78 is 20.7. The fourth-order valence-corrected chi connectivity index (χ4v) is 3.99. The summed E-state index contributed by atoms with van der Waals surface area (Å²) in [6.45, 7) is 5.49. The number of aliphatic imine (C=N–C) groups is 1. The molecule has 9 heteroatoms. The van der Waals surface area contributed by atoms with E-state index in [2.05, 4.69) is 20.2 Å². The number of para-hydroxylation sites is 1. The Balaban J connectivity index is 0.00000186. The normalized spacial score (nSPS) is 15.8. The summed E-state index contributed by atoms with van der Waals surface area (Å²) in [5.74, 6) is -0.928. The predicted octanol–water partition coefficient (Wildman–Crippen LogP) is 5.57. The van der Waals surface area contributed by atoms with Crippen molar-refractivity contribution in [2.24, 2.45) is 10.7 Å². The number of hydrogen-bond donors (Lipinski definition) is 2. The van der Waals surface area contributed by atoms with Gasteiger partial charge in [0, 0.05) is 60.1 Å². The van der Waals surface area contributed by atoms with Crippen molar-refractivity contribution in [3.63, 3.8) is 0 Å². The molecule has 0 radical (unpaired) electrons. The van der Waals surface area contributed by atoms with Gasteiger partial charge in [-0.2, -0.15) is 0 Å². The van der Waals surface area contributed by atoms with Crippen LogP contribution in [-0.2, 0) is 4.74 Å². The molecular weight excluding hydrogens is 493 g/mol. The monoisotopic (exact) mass is 523 g/mol. The number of hydrogen-bond acceptors (Lipinski definition) is 6. The van der Waals surface area contributed by atoms with E-state index < -0.39 is 11.7 Å². The van der Waals surface area contributed by atoms with Crippen molar-refractivity contribution in [2.45, 2.75) is 20.0 Å². The second kappa shape index (κ2) is 13.5. The van der Waals surface area contributed by atoms with Crippen molar-refractivity contribution in [1.29, 1.82) is 0 Å². The number of nitrogens with one attached hydrogen (secondary N) is 1. The standard InChI is InChI=1S/C26H25ClFN5O2.C2H6/c1-30-15-17(14-29)25-16-33(9-10-35-25)20-12-23(21-8-7-18(27)11-22(21)28)32-24(13-20)26(34)31-19-5-3-2-4-6-19;1-2/h2-8,11-15,25H,9-10,16,29H2,1H3,(H,31,34);1-2H3/b17-14+,30-15?;. The van der Waals surface area contributed by atoms with Gasteiger partial charge in [-0.15, -0.1) is 0 Å². The molecule has 2 heterocycles. The maximum atomic E-state index is 14.8. The molecule has 1 aliphatic heterocycles. The molecule has 0 bridgehead atoms. The summed E-state index contributed by atoms with van der Waals surface area (Å²) in [6.07, 6.45) is 2.83. The number of rotatable bonds is 6. The van der Waals surface area contributed by atoms with Crippen molar-refractivity contribution in [3.8, 4) is 11.3 Å². The highest BCUT2D eigenvalue weighted by molar-refractivity contribution is 6.30. The van der Waals surface area contributed by atoms with Crippen molar-refractivity contribution in [2.75, 3.05) is 37.0 Å². The molecular formula is C28H31ClFN5O2. The smallest absolute Gasteiger partial charge is 0.274 e. The molecule has 1 aromatic heterocycles. The summed E-state index contributed by atoms with van der Waals surface area (Å²) in [4.78, 5) is 23.7. The van der Waals surface area contributed by atoms with Crippen LogP contribution in [0.4, 0.5) is 15.8 Å². The number of aromatic nitrogens is 1. The topological polar surface area (TPSA) is 92.8 Å². The fraction of sp³-hybridized carbons (Fsp3) is 0.250. The Morgan fingerprint density at radius 3 is 2.65 bits per heavy atom.